The van der Waals surface area contributed by atoms with Crippen LogP contribution in [0, 0.1) is 5.92 Å². The van der Waals surface area contributed by atoms with Crippen molar-refractivity contribution in [3.8, 4) is 0 Å². The Bertz CT molecular complexity index is 1590. The van der Waals surface area contributed by atoms with E-state index >= 15 is 0 Å². The van der Waals surface area contributed by atoms with E-state index in [1.807, 2.05) is 0 Å². The van der Waals surface area contributed by atoms with Gasteiger partial charge in [0.05, 0.1) is 52.1 Å². The first kappa shape index (κ1) is 24.2. The summed E-state index contributed by atoms with van der Waals surface area (Å²) in [5.74, 6) is 1.31. The van der Waals surface area contributed by atoms with Crippen LogP contribution in [0.25, 0.3) is 31.5 Å². The lowest BCUT2D eigenvalue weighted by Gasteiger charge is -2.32. The molecule has 37 heavy (non-hydrogen) atoms. The minimum atomic E-state index is -0.230. The predicted molar refractivity (Wildman–Crippen MR) is 148 cm³/mol. The van der Waals surface area contributed by atoms with Gasteiger partial charge in [-0.25, -0.2) is 19.9 Å². The molecule has 0 atom stereocenters. The number of nitrogens with one attached hydrogen (secondary N) is 2. The van der Waals surface area contributed by atoms with Gasteiger partial charge in [-0.05, 0) is 49.4 Å². The summed E-state index contributed by atoms with van der Waals surface area (Å²) >= 11 is 1.66. The molecule has 0 radical (unpaired) electrons. The summed E-state index contributed by atoms with van der Waals surface area (Å²) in [6, 6.07) is 6.34. The molecule has 1 aliphatic heterocycles. The minimum Gasteiger partial charge on any atom is -0.376 e. The van der Waals surface area contributed by atoms with E-state index in [9.17, 15) is 0 Å². The molecule has 8 nitrogen and oxygen atoms in total. The molecule has 2 N–H and O–H groups in total. The maximum Gasteiger partial charge on any atom is 0.147 e. The molecular weight excluding hydrogens is 484 g/mol. The van der Waals surface area contributed by atoms with Crippen molar-refractivity contribution in [2.45, 2.75) is 59.4 Å². The van der Waals surface area contributed by atoms with Gasteiger partial charge in [-0.3, -0.25) is 0 Å². The second-order valence-corrected chi connectivity index (χ2v) is 11.8. The number of aromatic amines is 1. The Morgan fingerprint density at radius 1 is 1.22 bits per heavy atom. The number of anilines is 1. The first-order chi connectivity index (χ1) is 17.9. The van der Waals surface area contributed by atoms with Gasteiger partial charge in [0.15, 0.2) is 0 Å². The van der Waals surface area contributed by atoms with Gasteiger partial charge in [0.1, 0.15) is 17.0 Å². The Morgan fingerprint density at radius 3 is 2.97 bits per heavy atom. The third-order valence-corrected chi connectivity index (χ3v) is 7.87. The quantitative estimate of drug-likeness (QED) is 0.269. The highest BCUT2D eigenvalue weighted by Gasteiger charge is 2.31. The van der Waals surface area contributed by atoms with E-state index in [2.05, 4.69) is 66.2 Å². The van der Waals surface area contributed by atoms with Gasteiger partial charge in [0.25, 0.3) is 0 Å². The van der Waals surface area contributed by atoms with Crippen molar-refractivity contribution >= 4 is 48.6 Å². The van der Waals surface area contributed by atoms with Crippen LogP contribution < -0.4 is 5.32 Å². The molecule has 192 valence electrons. The molecule has 0 bridgehead atoms. The lowest BCUT2D eigenvalue weighted by atomic mass is 9.92. The van der Waals surface area contributed by atoms with Crippen molar-refractivity contribution < 1.29 is 9.47 Å². The van der Waals surface area contributed by atoms with Gasteiger partial charge in [-0.1, -0.05) is 19.9 Å². The summed E-state index contributed by atoms with van der Waals surface area (Å²) in [6.07, 6.45) is 5.02. The molecule has 0 saturated carbocycles. The molecule has 0 spiro atoms. The Labute approximate surface area is 219 Å². The van der Waals surface area contributed by atoms with Crippen LogP contribution >= 0.6 is 11.3 Å². The SMILES string of the molecule is CC(C)COCc1c2c(nc3sc4c(NCCc5ccc6[nH]cnc6c5)ncnc4c13)CC(C)(C)OC2. The first-order valence-corrected chi connectivity index (χ1v) is 13.6. The van der Waals surface area contributed by atoms with E-state index in [4.69, 9.17) is 19.4 Å². The first-order valence-electron chi connectivity index (χ1n) is 12.8. The number of nitrogens with zero attached hydrogens (tertiary/aromatic N) is 4. The van der Waals surface area contributed by atoms with Crippen LogP contribution in [0.2, 0.25) is 0 Å². The van der Waals surface area contributed by atoms with Crippen molar-refractivity contribution in [2.24, 2.45) is 5.92 Å². The van der Waals surface area contributed by atoms with Crippen LogP contribution in [-0.4, -0.2) is 43.7 Å². The topological polar surface area (TPSA) is 97.8 Å². The molecule has 1 aliphatic rings. The van der Waals surface area contributed by atoms with Gasteiger partial charge in [0, 0.05) is 30.5 Å². The third-order valence-electron chi connectivity index (χ3n) is 6.79. The average Bonchev–Trinajstić information content (AvgIpc) is 3.47. The van der Waals surface area contributed by atoms with E-state index in [1.165, 1.54) is 5.56 Å². The lowest BCUT2D eigenvalue weighted by Crippen LogP contribution is -2.33. The molecule has 5 heterocycles. The number of pyridine rings is 1. The van der Waals surface area contributed by atoms with Crippen LogP contribution in [0.3, 0.4) is 0 Å². The molecule has 1 aromatic carbocycles. The highest BCUT2D eigenvalue weighted by molar-refractivity contribution is 7.26. The number of H-pyrrole nitrogens is 1. The van der Waals surface area contributed by atoms with Crippen LogP contribution in [0.5, 0.6) is 0 Å². The largest absolute Gasteiger partial charge is 0.376 e. The lowest BCUT2D eigenvalue weighted by molar-refractivity contribution is -0.0422. The molecule has 9 heteroatoms. The number of thiophene rings is 1. The highest BCUT2D eigenvalue weighted by Crippen LogP contribution is 2.41. The van der Waals surface area contributed by atoms with Gasteiger partial charge < -0.3 is 19.8 Å². The fourth-order valence-corrected chi connectivity index (χ4v) is 6.09. The maximum absolute atomic E-state index is 6.19. The fourth-order valence-electron chi connectivity index (χ4n) is 4.94. The summed E-state index contributed by atoms with van der Waals surface area (Å²) in [6.45, 7) is 11.1. The van der Waals surface area contributed by atoms with Crippen LogP contribution in [0.15, 0.2) is 30.9 Å². The van der Waals surface area contributed by atoms with Crippen molar-refractivity contribution in [2.75, 3.05) is 18.5 Å². The Morgan fingerprint density at radius 2 is 2.11 bits per heavy atom. The van der Waals surface area contributed by atoms with Gasteiger partial charge >= 0.3 is 0 Å². The molecule has 4 aromatic heterocycles. The second-order valence-electron chi connectivity index (χ2n) is 10.8. The zero-order chi connectivity index (χ0) is 25.6. The smallest absolute Gasteiger partial charge is 0.147 e. The number of hydrogen-bond donors (Lipinski definition) is 2. The van der Waals surface area contributed by atoms with E-state index in [0.29, 0.717) is 25.7 Å². The predicted octanol–water partition coefficient (Wildman–Crippen LogP) is 5.79. The van der Waals surface area contributed by atoms with E-state index in [1.54, 1.807) is 24.0 Å². The van der Waals surface area contributed by atoms with Crippen LogP contribution in [-0.2, 0) is 35.5 Å². The summed E-state index contributed by atoms with van der Waals surface area (Å²) in [5, 5.41) is 4.62. The number of ether oxygens (including phenoxy) is 2. The summed E-state index contributed by atoms with van der Waals surface area (Å²) in [7, 11) is 0. The monoisotopic (exact) mass is 516 g/mol. The van der Waals surface area contributed by atoms with E-state index in [-0.39, 0.29) is 5.60 Å². The van der Waals surface area contributed by atoms with Crippen LogP contribution in [0.1, 0.15) is 50.1 Å². The van der Waals surface area contributed by atoms with Crippen LogP contribution in [0.4, 0.5) is 5.82 Å². The molecule has 0 aliphatic carbocycles. The van der Waals surface area contributed by atoms with Gasteiger partial charge in [-0.15, -0.1) is 11.3 Å². The minimum absolute atomic E-state index is 0.230. The average molecular weight is 517 g/mol. The normalized spacial score (nSPS) is 15.2. The molecular formula is C28H32N6O2S. The molecule has 0 unspecified atom stereocenters. The zero-order valence-corrected chi connectivity index (χ0v) is 22.5. The number of fused-ring (bicyclic) bond motifs is 5. The Hall–Kier alpha value is -3.14. The molecule has 0 fully saturated rings. The highest BCUT2D eigenvalue weighted by atomic mass is 32.1. The van der Waals surface area contributed by atoms with Gasteiger partial charge in [-0.2, -0.15) is 0 Å². The molecule has 5 aromatic rings. The van der Waals surface area contributed by atoms with Crippen molar-refractivity contribution in [1.82, 2.24) is 24.9 Å². The zero-order valence-electron chi connectivity index (χ0n) is 21.7. The second kappa shape index (κ2) is 9.63. The summed E-state index contributed by atoms with van der Waals surface area (Å²) < 4.78 is 13.4. The number of hydrogen-bond acceptors (Lipinski definition) is 8. The molecule has 0 saturated heterocycles. The summed E-state index contributed by atoms with van der Waals surface area (Å²) in [5.41, 5.74) is 7.38. The maximum atomic E-state index is 6.19. The van der Waals surface area contributed by atoms with Crippen molar-refractivity contribution in [3.05, 3.63) is 53.2 Å². The van der Waals surface area contributed by atoms with E-state index < -0.39 is 0 Å². The summed E-state index contributed by atoms with van der Waals surface area (Å²) in [4.78, 5) is 22.9. The molecule has 6 rings (SSSR count). The van der Waals surface area contributed by atoms with Crippen molar-refractivity contribution in [1.29, 1.82) is 0 Å². The Balaban J connectivity index is 1.34. The van der Waals surface area contributed by atoms with Crippen molar-refractivity contribution in [3.63, 3.8) is 0 Å². The van der Waals surface area contributed by atoms with Gasteiger partial charge in [0.2, 0.25) is 0 Å². The number of benzene rings is 1. The number of imidazole rings is 1. The third kappa shape index (κ3) is 4.79. The Kier molecular flexibility index (Phi) is 6.30. The fraction of sp³-hybridized carbons (Fsp3) is 0.429. The van der Waals surface area contributed by atoms with E-state index in [0.717, 1.165) is 73.5 Å². The molecule has 0 amide bonds. The number of aromatic nitrogens is 5. The number of rotatable bonds is 8. The standard InChI is InChI=1S/C28H32N6O2S/c1-16(2)11-35-12-19-18-13-36-28(3,4)10-22(18)34-27-23(19)24-25(37-27)26(33-15-32-24)29-8-7-17-5-6-20-21(9-17)31-14-30-20/h5-6,9,14-16H,7-8,10-13H2,1-4H3,(H,30,31)(H,29,32,33).